The number of ketones is 2. The molecule has 0 heterocycles. The minimum absolute atomic E-state index is 0.00907. The predicted octanol–water partition coefficient (Wildman–Crippen LogP) is 4.46. The van der Waals surface area contributed by atoms with Crippen LogP contribution in [0, 0.1) is 0 Å². The van der Waals surface area contributed by atoms with Gasteiger partial charge in [-0.25, -0.2) is 4.79 Å². The lowest BCUT2D eigenvalue weighted by Gasteiger charge is -2.06. The first-order valence-corrected chi connectivity index (χ1v) is 8.81. The normalized spacial score (nSPS) is 9.67. The average molecular weight is 433 g/mol. The minimum Gasteiger partial charge on any atom is -0.465 e. The fourth-order valence-electron chi connectivity index (χ4n) is 2.37. The lowest BCUT2D eigenvalue weighted by molar-refractivity contribution is 0.0599. The van der Waals surface area contributed by atoms with Crippen LogP contribution in [0.25, 0.3) is 6.08 Å². The molecule has 0 aliphatic rings. The molecule has 0 amide bonds. The van der Waals surface area contributed by atoms with Crippen LogP contribution in [0.5, 0.6) is 0 Å². The van der Waals surface area contributed by atoms with Crippen LogP contribution in [0.1, 0.15) is 56.0 Å². The zero-order valence-electron chi connectivity index (χ0n) is 15.4. The number of esters is 1. The molecule has 0 saturated carbocycles. The van der Waals surface area contributed by atoms with Crippen LogP contribution in [0.4, 0.5) is 0 Å². The minimum atomic E-state index is -0.458. The number of carbonyl (C=O) groups excluding carboxylic acids is 3. The van der Waals surface area contributed by atoms with E-state index in [-0.39, 0.29) is 18.2 Å². The van der Waals surface area contributed by atoms with Crippen molar-refractivity contribution in [3.63, 3.8) is 0 Å². The quantitative estimate of drug-likeness (QED) is 0.556. The highest BCUT2D eigenvalue weighted by atomic mass is 79.9. The van der Waals surface area contributed by atoms with E-state index in [1.807, 2.05) is 0 Å². The second-order valence-corrected chi connectivity index (χ2v) is 6.30. The molecule has 0 fully saturated rings. The van der Waals surface area contributed by atoms with Crippen molar-refractivity contribution in [2.24, 2.45) is 0 Å². The van der Waals surface area contributed by atoms with Gasteiger partial charge in [0.1, 0.15) is 0 Å². The van der Waals surface area contributed by atoms with Crippen molar-refractivity contribution in [2.75, 3.05) is 7.11 Å². The second-order valence-electron chi connectivity index (χ2n) is 5.51. The maximum absolute atomic E-state index is 11.2. The number of methoxy groups -OCH3 is 1. The van der Waals surface area contributed by atoms with E-state index in [0.29, 0.717) is 21.2 Å². The van der Waals surface area contributed by atoms with Gasteiger partial charge in [0.25, 0.3) is 0 Å². The Labute approximate surface area is 166 Å². The molecular formula is C21H21BrO5. The molecule has 27 heavy (non-hydrogen) atoms. The number of hydrogen-bond acceptors (Lipinski definition) is 5. The van der Waals surface area contributed by atoms with Crippen LogP contribution < -0.4 is 0 Å². The number of Topliss-reactive ketones (excluding diaryl/α,β-unsaturated/α-hetero) is 2. The van der Waals surface area contributed by atoms with E-state index in [2.05, 4.69) is 27.2 Å². The molecule has 0 bridgehead atoms. The average Bonchev–Trinajstić information content (AvgIpc) is 2.66. The SMILES string of the molecule is C=Cc1c(CO)cccc1C(C)=O.COC(=O)c1cccc(C(C)=O)c1Br. The van der Waals surface area contributed by atoms with Crippen molar-refractivity contribution in [2.45, 2.75) is 20.5 Å². The Bertz CT molecular complexity index is 871. The first kappa shape index (κ1) is 22.5. The Morgan fingerprint density at radius 2 is 1.56 bits per heavy atom. The Morgan fingerprint density at radius 3 is 2.04 bits per heavy atom. The lowest BCUT2D eigenvalue weighted by atomic mass is 9.99. The number of carbonyl (C=O) groups is 3. The Balaban J connectivity index is 0.000000271. The molecule has 0 atom stereocenters. The van der Waals surface area contributed by atoms with Crippen LogP contribution in [0.2, 0.25) is 0 Å². The molecule has 0 spiro atoms. The number of rotatable bonds is 5. The van der Waals surface area contributed by atoms with Crippen molar-refractivity contribution in [3.05, 3.63) is 75.3 Å². The summed E-state index contributed by atoms with van der Waals surface area (Å²) in [4.78, 5) is 33.6. The van der Waals surface area contributed by atoms with Gasteiger partial charge in [-0.2, -0.15) is 0 Å². The summed E-state index contributed by atoms with van der Waals surface area (Å²) in [7, 11) is 1.30. The van der Waals surface area contributed by atoms with Gasteiger partial charge in [0.2, 0.25) is 0 Å². The standard InChI is InChI=1S/C11H12O2.C10H9BrO3/c1-3-10-9(7-12)5-4-6-11(10)8(2)13;1-6(12)7-4-3-5-8(9(7)11)10(13)14-2/h3-6,12H,1,7H2,2H3;3-5H,1-2H3. The lowest BCUT2D eigenvalue weighted by Crippen LogP contribution is -2.05. The van der Waals surface area contributed by atoms with E-state index in [1.165, 1.54) is 21.0 Å². The molecule has 142 valence electrons. The highest BCUT2D eigenvalue weighted by Crippen LogP contribution is 2.22. The first-order valence-electron chi connectivity index (χ1n) is 8.02. The van der Waals surface area contributed by atoms with Gasteiger partial charge in [-0.05, 0) is 47.0 Å². The van der Waals surface area contributed by atoms with Gasteiger partial charge in [0.05, 0.1) is 19.3 Å². The predicted molar refractivity (Wildman–Crippen MR) is 108 cm³/mol. The van der Waals surface area contributed by atoms with Crippen molar-refractivity contribution < 1.29 is 24.2 Å². The summed E-state index contributed by atoms with van der Waals surface area (Å²) in [6, 6.07) is 10.2. The van der Waals surface area contributed by atoms with E-state index in [4.69, 9.17) is 5.11 Å². The number of benzene rings is 2. The summed E-state index contributed by atoms with van der Waals surface area (Å²) in [5.74, 6) is -0.562. The molecule has 0 radical (unpaired) electrons. The van der Waals surface area contributed by atoms with Gasteiger partial charge >= 0.3 is 5.97 Å². The van der Waals surface area contributed by atoms with E-state index in [9.17, 15) is 14.4 Å². The summed E-state index contributed by atoms with van der Waals surface area (Å²) >= 11 is 3.20. The van der Waals surface area contributed by atoms with E-state index < -0.39 is 5.97 Å². The topological polar surface area (TPSA) is 80.7 Å². The highest BCUT2D eigenvalue weighted by Gasteiger charge is 2.14. The Kier molecular flexibility index (Phi) is 8.78. The largest absolute Gasteiger partial charge is 0.465 e. The third-order valence-electron chi connectivity index (χ3n) is 3.73. The number of aliphatic hydroxyl groups excluding tert-OH is 1. The molecule has 2 aromatic carbocycles. The number of ether oxygens (including phenoxy) is 1. The monoisotopic (exact) mass is 432 g/mol. The van der Waals surface area contributed by atoms with Crippen molar-refractivity contribution in [1.29, 1.82) is 0 Å². The number of hydrogen-bond donors (Lipinski definition) is 1. The summed E-state index contributed by atoms with van der Waals surface area (Å²) in [5, 5.41) is 9.00. The molecule has 0 aromatic heterocycles. The number of halogens is 1. The maximum atomic E-state index is 11.2. The third-order valence-corrected chi connectivity index (χ3v) is 4.59. The molecule has 2 rings (SSSR count). The summed E-state index contributed by atoms with van der Waals surface area (Å²) in [5.41, 5.74) is 2.93. The van der Waals surface area contributed by atoms with E-state index in [0.717, 1.165) is 11.1 Å². The molecule has 0 aliphatic carbocycles. The van der Waals surface area contributed by atoms with Gasteiger partial charge in [-0.15, -0.1) is 0 Å². The van der Waals surface area contributed by atoms with Crippen LogP contribution in [0.3, 0.4) is 0 Å². The zero-order chi connectivity index (χ0) is 20.6. The number of aliphatic hydroxyl groups is 1. The zero-order valence-corrected chi connectivity index (χ0v) is 17.0. The third kappa shape index (κ3) is 5.70. The van der Waals surface area contributed by atoms with Crippen LogP contribution in [0.15, 0.2) is 47.4 Å². The van der Waals surface area contributed by atoms with Gasteiger partial charge in [0.15, 0.2) is 11.6 Å². The molecular weight excluding hydrogens is 412 g/mol. The molecule has 6 heteroatoms. The van der Waals surface area contributed by atoms with Crippen LogP contribution in [-0.4, -0.2) is 29.8 Å². The molecule has 2 aromatic rings. The van der Waals surface area contributed by atoms with E-state index in [1.54, 1.807) is 42.5 Å². The fourth-order valence-corrected chi connectivity index (χ4v) is 3.08. The second kappa shape index (κ2) is 10.5. The smallest absolute Gasteiger partial charge is 0.339 e. The Hall–Kier alpha value is -2.57. The summed E-state index contributed by atoms with van der Waals surface area (Å²) < 4.78 is 5.06. The maximum Gasteiger partial charge on any atom is 0.339 e. The molecule has 5 nitrogen and oxygen atoms in total. The summed E-state index contributed by atoms with van der Waals surface area (Å²) in [6.45, 7) is 6.50. The highest BCUT2D eigenvalue weighted by molar-refractivity contribution is 9.10. The molecule has 0 unspecified atom stereocenters. The summed E-state index contributed by atoms with van der Waals surface area (Å²) in [6.07, 6.45) is 1.60. The van der Waals surface area contributed by atoms with E-state index >= 15 is 0 Å². The van der Waals surface area contributed by atoms with Crippen LogP contribution >= 0.6 is 15.9 Å². The van der Waals surface area contributed by atoms with Crippen molar-refractivity contribution >= 4 is 39.5 Å². The fraction of sp³-hybridized carbons (Fsp3) is 0.190. The first-order chi connectivity index (χ1) is 12.8. The van der Waals surface area contributed by atoms with Crippen molar-refractivity contribution in [3.8, 4) is 0 Å². The van der Waals surface area contributed by atoms with Crippen LogP contribution in [-0.2, 0) is 11.3 Å². The van der Waals surface area contributed by atoms with Gasteiger partial charge in [0, 0.05) is 15.6 Å². The van der Waals surface area contributed by atoms with Gasteiger partial charge < -0.3 is 9.84 Å². The molecule has 1 N–H and O–H groups in total. The van der Waals surface area contributed by atoms with Gasteiger partial charge in [-0.1, -0.05) is 43.0 Å². The molecule has 0 saturated heterocycles. The van der Waals surface area contributed by atoms with Crippen molar-refractivity contribution in [1.82, 2.24) is 0 Å². The molecule has 0 aliphatic heterocycles. The Morgan fingerprint density at radius 1 is 1.04 bits per heavy atom. The van der Waals surface area contributed by atoms with Gasteiger partial charge in [-0.3, -0.25) is 9.59 Å².